The fraction of sp³-hybridized carbons (Fsp3) is 0.750. The van der Waals surface area contributed by atoms with Crippen LogP contribution in [0.4, 0.5) is 0 Å². The van der Waals surface area contributed by atoms with Gasteiger partial charge < -0.3 is 9.84 Å². The molecule has 86 valence electrons. The Morgan fingerprint density at radius 1 is 1.67 bits per heavy atom. The highest BCUT2D eigenvalue weighted by molar-refractivity contribution is 5.76. The second kappa shape index (κ2) is 4.35. The highest BCUT2D eigenvalue weighted by Crippen LogP contribution is 2.43. The van der Waals surface area contributed by atoms with Gasteiger partial charge in [0.15, 0.2) is 0 Å². The maximum Gasteiger partial charge on any atom is 0.309 e. The molecule has 0 aromatic carbocycles. The Morgan fingerprint density at radius 2 is 2.27 bits per heavy atom. The summed E-state index contributed by atoms with van der Waals surface area (Å²) >= 11 is 0. The van der Waals surface area contributed by atoms with Gasteiger partial charge in [0, 0.05) is 0 Å². The summed E-state index contributed by atoms with van der Waals surface area (Å²) in [4.78, 5) is 11.6. The van der Waals surface area contributed by atoms with Crippen LogP contribution in [-0.4, -0.2) is 22.8 Å². The molecule has 1 rings (SSSR count). The zero-order valence-corrected chi connectivity index (χ0v) is 9.69. The van der Waals surface area contributed by atoms with Crippen molar-refractivity contribution in [3.05, 3.63) is 12.7 Å². The van der Waals surface area contributed by atoms with Gasteiger partial charge in [-0.2, -0.15) is 0 Å². The van der Waals surface area contributed by atoms with E-state index < -0.39 is 11.7 Å². The molecule has 0 amide bonds. The molecular formula is C12H20O3. The Labute approximate surface area is 91.1 Å². The quantitative estimate of drug-likeness (QED) is 0.572. The minimum absolute atomic E-state index is 0.0675. The Hall–Kier alpha value is -0.830. The zero-order valence-electron chi connectivity index (χ0n) is 9.69. The van der Waals surface area contributed by atoms with Gasteiger partial charge in [-0.05, 0) is 39.5 Å². The van der Waals surface area contributed by atoms with Crippen molar-refractivity contribution in [2.45, 2.75) is 45.3 Å². The molecule has 1 aliphatic rings. The summed E-state index contributed by atoms with van der Waals surface area (Å²) in [7, 11) is 0. The van der Waals surface area contributed by atoms with Gasteiger partial charge in [0.2, 0.25) is 0 Å². The molecule has 3 nitrogen and oxygen atoms in total. The summed E-state index contributed by atoms with van der Waals surface area (Å²) in [5, 5.41) is 9.63. The van der Waals surface area contributed by atoms with Crippen molar-refractivity contribution in [2.75, 3.05) is 0 Å². The molecule has 1 saturated carbocycles. The third-order valence-electron chi connectivity index (χ3n) is 2.45. The van der Waals surface area contributed by atoms with E-state index in [2.05, 4.69) is 6.58 Å². The molecule has 0 bridgehead atoms. The summed E-state index contributed by atoms with van der Waals surface area (Å²) in [5.74, 6) is -0.229. The summed E-state index contributed by atoms with van der Waals surface area (Å²) in [6.45, 7) is 9.11. The summed E-state index contributed by atoms with van der Waals surface area (Å²) < 4.78 is 5.24. The monoisotopic (exact) mass is 212 g/mol. The lowest BCUT2D eigenvalue weighted by Crippen LogP contribution is -2.26. The lowest BCUT2D eigenvalue weighted by molar-refractivity contribution is -0.157. The maximum absolute atomic E-state index is 11.6. The predicted molar refractivity (Wildman–Crippen MR) is 58.3 cm³/mol. The molecule has 0 radical (unpaired) electrons. The second-order valence-corrected chi connectivity index (χ2v) is 5.13. The molecule has 0 unspecified atom stereocenters. The van der Waals surface area contributed by atoms with Crippen LogP contribution in [0.5, 0.6) is 0 Å². The van der Waals surface area contributed by atoms with Gasteiger partial charge in [0.1, 0.15) is 5.60 Å². The molecule has 1 aliphatic carbocycles. The first-order chi connectivity index (χ1) is 6.85. The molecule has 15 heavy (non-hydrogen) atoms. The smallest absolute Gasteiger partial charge is 0.309 e. The molecule has 0 heterocycles. The lowest BCUT2D eigenvalue weighted by Gasteiger charge is -2.19. The maximum atomic E-state index is 11.6. The molecule has 0 spiro atoms. The first kappa shape index (κ1) is 12.2. The summed E-state index contributed by atoms with van der Waals surface area (Å²) in [5.41, 5.74) is -0.437. The van der Waals surface area contributed by atoms with E-state index in [-0.39, 0.29) is 17.8 Å². The fourth-order valence-electron chi connectivity index (χ4n) is 1.63. The van der Waals surface area contributed by atoms with Crippen molar-refractivity contribution >= 4 is 5.97 Å². The summed E-state index contributed by atoms with van der Waals surface area (Å²) in [6.07, 6.45) is 2.52. The van der Waals surface area contributed by atoms with Crippen LogP contribution in [0.1, 0.15) is 33.6 Å². The number of hydrogen-bond acceptors (Lipinski definition) is 3. The molecule has 0 aromatic heterocycles. The van der Waals surface area contributed by atoms with Gasteiger partial charge in [-0.1, -0.05) is 6.08 Å². The van der Waals surface area contributed by atoms with Crippen molar-refractivity contribution in [1.29, 1.82) is 0 Å². The molecule has 3 atom stereocenters. The van der Waals surface area contributed by atoms with E-state index in [1.54, 1.807) is 6.08 Å². The molecule has 0 saturated heterocycles. The molecular weight excluding hydrogens is 192 g/mol. The lowest BCUT2D eigenvalue weighted by atomic mass is 10.1. The van der Waals surface area contributed by atoms with Crippen LogP contribution in [0.2, 0.25) is 0 Å². The van der Waals surface area contributed by atoms with Crippen molar-refractivity contribution in [2.24, 2.45) is 11.8 Å². The van der Waals surface area contributed by atoms with Crippen LogP contribution in [-0.2, 0) is 9.53 Å². The van der Waals surface area contributed by atoms with E-state index in [0.717, 1.165) is 6.42 Å². The number of rotatable bonds is 4. The van der Waals surface area contributed by atoms with Gasteiger partial charge in [-0.3, -0.25) is 4.79 Å². The second-order valence-electron chi connectivity index (χ2n) is 5.13. The molecule has 0 aromatic rings. The van der Waals surface area contributed by atoms with Gasteiger partial charge in [0.25, 0.3) is 0 Å². The standard InChI is InChI=1S/C12H20O3/c1-5-6-10(13)8-7-9(8)11(14)15-12(2,3)4/h5,8-10,13H,1,6-7H2,2-4H3/t8-,9-,10-/m1/s1. The first-order valence-corrected chi connectivity index (χ1v) is 5.37. The fourth-order valence-corrected chi connectivity index (χ4v) is 1.63. The zero-order chi connectivity index (χ0) is 11.6. The van der Waals surface area contributed by atoms with Crippen LogP contribution >= 0.6 is 0 Å². The number of ether oxygens (including phenoxy) is 1. The van der Waals surface area contributed by atoms with Crippen molar-refractivity contribution in [3.8, 4) is 0 Å². The Kier molecular flexibility index (Phi) is 3.55. The molecule has 1 fully saturated rings. The van der Waals surface area contributed by atoms with Gasteiger partial charge in [-0.25, -0.2) is 0 Å². The largest absolute Gasteiger partial charge is 0.460 e. The van der Waals surface area contributed by atoms with Crippen molar-refractivity contribution < 1.29 is 14.6 Å². The average Bonchev–Trinajstić information content (AvgIpc) is 2.79. The van der Waals surface area contributed by atoms with Crippen LogP contribution in [0.3, 0.4) is 0 Å². The minimum Gasteiger partial charge on any atom is -0.460 e. The highest BCUT2D eigenvalue weighted by atomic mass is 16.6. The molecule has 1 N–H and O–H groups in total. The minimum atomic E-state index is -0.444. The highest BCUT2D eigenvalue weighted by Gasteiger charge is 2.48. The topological polar surface area (TPSA) is 46.5 Å². The number of hydrogen-bond donors (Lipinski definition) is 1. The third-order valence-corrected chi connectivity index (χ3v) is 2.45. The SMILES string of the molecule is C=CC[C@@H](O)[C@@H]1C[C@H]1C(=O)OC(C)(C)C. The number of carbonyl (C=O) groups is 1. The van der Waals surface area contributed by atoms with Gasteiger partial charge in [-0.15, -0.1) is 6.58 Å². The van der Waals surface area contributed by atoms with E-state index in [1.165, 1.54) is 0 Å². The van der Waals surface area contributed by atoms with E-state index >= 15 is 0 Å². The number of carbonyl (C=O) groups excluding carboxylic acids is 1. The van der Waals surface area contributed by atoms with Gasteiger partial charge in [0.05, 0.1) is 12.0 Å². The molecule has 3 heteroatoms. The van der Waals surface area contributed by atoms with Crippen molar-refractivity contribution in [3.63, 3.8) is 0 Å². The predicted octanol–water partition coefficient (Wildman–Crippen LogP) is 1.90. The average molecular weight is 212 g/mol. The number of aliphatic hydroxyl groups is 1. The first-order valence-electron chi connectivity index (χ1n) is 5.37. The Balaban J connectivity index is 2.37. The van der Waals surface area contributed by atoms with Gasteiger partial charge >= 0.3 is 5.97 Å². The van der Waals surface area contributed by atoms with Crippen LogP contribution in [0.25, 0.3) is 0 Å². The summed E-state index contributed by atoms with van der Waals surface area (Å²) in [6, 6.07) is 0. The normalized spacial score (nSPS) is 26.9. The van der Waals surface area contributed by atoms with Crippen LogP contribution < -0.4 is 0 Å². The third kappa shape index (κ3) is 3.67. The Bertz CT molecular complexity index is 252. The van der Waals surface area contributed by atoms with E-state index in [0.29, 0.717) is 6.42 Å². The Morgan fingerprint density at radius 3 is 2.73 bits per heavy atom. The van der Waals surface area contributed by atoms with Crippen LogP contribution in [0, 0.1) is 11.8 Å². The van der Waals surface area contributed by atoms with E-state index in [1.807, 2.05) is 20.8 Å². The number of aliphatic hydroxyl groups excluding tert-OH is 1. The van der Waals surface area contributed by atoms with Crippen molar-refractivity contribution in [1.82, 2.24) is 0 Å². The van der Waals surface area contributed by atoms with Crippen LogP contribution in [0.15, 0.2) is 12.7 Å². The van der Waals surface area contributed by atoms with E-state index in [9.17, 15) is 9.90 Å². The molecule has 0 aliphatic heterocycles. The number of esters is 1. The van der Waals surface area contributed by atoms with E-state index in [4.69, 9.17) is 4.74 Å².